The standard InChI is InChI=1S/C16H23N3S/c17-16(20)15-3-1-2-14(10-15)12-19-8-6-18(7-9-19)11-13-4-5-13/h1-3,10,13H,4-9,11-12H2,(H2,17,20). The molecule has 0 unspecified atom stereocenters. The lowest BCUT2D eigenvalue weighted by Crippen LogP contribution is -2.46. The highest BCUT2D eigenvalue weighted by molar-refractivity contribution is 7.80. The van der Waals surface area contributed by atoms with E-state index in [0.717, 1.165) is 18.0 Å². The van der Waals surface area contributed by atoms with Crippen molar-refractivity contribution >= 4 is 17.2 Å². The largest absolute Gasteiger partial charge is 0.389 e. The smallest absolute Gasteiger partial charge is 0.103 e. The average molecular weight is 289 g/mol. The lowest BCUT2D eigenvalue weighted by Gasteiger charge is -2.34. The van der Waals surface area contributed by atoms with E-state index in [2.05, 4.69) is 21.9 Å². The highest BCUT2D eigenvalue weighted by Crippen LogP contribution is 2.29. The van der Waals surface area contributed by atoms with Crippen molar-refractivity contribution < 1.29 is 0 Å². The molecule has 1 heterocycles. The SMILES string of the molecule is NC(=S)c1cccc(CN2CCN(CC3CC3)CC2)c1. The van der Waals surface area contributed by atoms with Crippen LogP contribution in [0.1, 0.15) is 24.0 Å². The summed E-state index contributed by atoms with van der Waals surface area (Å²) in [7, 11) is 0. The van der Waals surface area contributed by atoms with Gasteiger partial charge in [-0.05, 0) is 30.4 Å². The van der Waals surface area contributed by atoms with E-state index in [0.29, 0.717) is 4.99 Å². The van der Waals surface area contributed by atoms with Crippen molar-refractivity contribution in [2.24, 2.45) is 11.7 Å². The number of thiocarbonyl (C=S) groups is 1. The molecule has 1 aliphatic carbocycles. The number of nitrogens with zero attached hydrogens (tertiary/aromatic N) is 2. The Bertz CT molecular complexity index is 476. The Morgan fingerprint density at radius 3 is 2.50 bits per heavy atom. The summed E-state index contributed by atoms with van der Waals surface area (Å²) in [4.78, 5) is 5.64. The van der Waals surface area contributed by atoms with Crippen molar-refractivity contribution in [3.8, 4) is 0 Å². The molecule has 2 fully saturated rings. The Morgan fingerprint density at radius 1 is 1.15 bits per heavy atom. The van der Waals surface area contributed by atoms with Crippen LogP contribution in [-0.4, -0.2) is 47.5 Å². The third kappa shape index (κ3) is 3.78. The van der Waals surface area contributed by atoms with Gasteiger partial charge in [-0.15, -0.1) is 0 Å². The number of hydrogen-bond acceptors (Lipinski definition) is 3. The van der Waals surface area contributed by atoms with Gasteiger partial charge in [-0.1, -0.05) is 30.4 Å². The van der Waals surface area contributed by atoms with Gasteiger partial charge in [0.15, 0.2) is 0 Å². The monoisotopic (exact) mass is 289 g/mol. The van der Waals surface area contributed by atoms with Crippen LogP contribution in [0.3, 0.4) is 0 Å². The molecule has 4 heteroatoms. The van der Waals surface area contributed by atoms with Crippen LogP contribution in [-0.2, 0) is 6.54 Å². The first kappa shape index (κ1) is 14.0. The van der Waals surface area contributed by atoms with Crippen LogP contribution in [0.15, 0.2) is 24.3 Å². The average Bonchev–Trinajstić information content (AvgIpc) is 3.25. The minimum atomic E-state index is 0.487. The zero-order chi connectivity index (χ0) is 13.9. The molecule has 0 bridgehead atoms. The molecule has 3 rings (SSSR count). The van der Waals surface area contributed by atoms with Crippen molar-refractivity contribution in [3.63, 3.8) is 0 Å². The van der Waals surface area contributed by atoms with Gasteiger partial charge in [0, 0.05) is 44.8 Å². The first-order valence-electron chi connectivity index (χ1n) is 7.54. The molecule has 2 aliphatic rings. The molecule has 20 heavy (non-hydrogen) atoms. The minimum Gasteiger partial charge on any atom is -0.389 e. The second kappa shape index (κ2) is 6.20. The maximum absolute atomic E-state index is 5.70. The van der Waals surface area contributed by atoms with E-state index >= 15 is 0 Å². The molecular formula is C16H23N3S. The fourth-order valence-electron chi connectivity index (χ4n) is 2.88. The lowest BCUT2D eigenvalue weighted by atomic mass is 10.1. The van der Waals surface area contributed by atoms with Gasteiger partial charge in [0.05, 0.1) is 0 Å². The first-order chi connectivity index (χ1) is 9.70. The molecule has 0 radical (unpaired) electrons. The van der Waals surface area contributed by atoms with Gasteiger partial charge in [-0.3, -0.25) is 4.90 Å². The van der Waals surface area contributed by atoms with E-state index in [-0.39, 0.29) is 0 Å². The van der Waals surface area contributed by atoms with Crippen LogP contribution in [0.25, 0.3) is 0 Å². The van der Waals surface area contributed by atoms with Crippen LogP contribution in [0, 0.1) is 5.92 Å². The predicted molar refractivity (Wildman–Crippen MR) is 86.8 cm³/mol. The second-order valence-electron chi connectivity index (χ2n) is 6.08. The zero-order valence-corrected chi connectivity index (χ0v) is 12.7. The van der Waals surface area contributed by atoms with E-state index < -0.39 is 0 Å². The van der Waals surface area contributed by atoms with Crippen molar-refractivity contribution in [2.75, 3.05) is 32.7 Å². The first-order valence-corrected chi connectivity index (χ1v) is 7.95. The highest BCUT2D eigenvalue weighted by atomic mass is 32.1. The van der Waals surface area contributed by atoms with Crippen LogP contribution >= 0.6 is 12.2 Å². The molecule has 1 saturated carbocycles. The zero-order valence-electron chi connectivity index (χ0n) is 11.9. The van der Waals surface area contributed by atoms with E-state index in [4.69, 9.17) is 18.0 Å². The Hall–Kier alpha value is -0.970. The molecule has 2 N–H and O–H groups in total. The third-order valence-electron chi connectivity index (χ3n) is 4.30. The van der Waals surface area contributed by atoms with Crippen molar-refractivity contribution in [2.45, 2.75) is 19.4 Å². The maximum Gasteiger partial charge on any atom is 0.103 e. The maximum atomic E-state index is 5.70. The fourth-order valence-corrected chi connectivity index (χ4v) is 3.00. The second-order valence-corrected chi connectivity index (χ2v) is 6.52. The van der Waals surface area contributed by atoms with Crippen LogP contribution in [0.2, 0.25) is 0 Å². The summed E-state index contributed by atoms with van der Waals surface area (Å²) < 4.78 is 0. The van der Waals surface area contributed by atoms with Gasteiger partial charge in [0.25, 0.3) is 0 Å². The third-order valence-corrected chi connectivity index (χ3v) is 4.53. The Morgan fingerprint density at radius 2 is 1.85 bits per heavy atom. The fraction of sp³-hybridized carbons (Fsp3) is 0.562. The number of rotatable bonds is 5. The molecule has 0 amide bonds. The number of nitrogens with two attached hydrogens (primary N) is 1. The van der Waals surface area contributed by atoms with Gasteiger partial charge < -0.3 is 10.6 Å². The van der Waals surface area contributed by atoms with Crippen LogP contribution in [0.5, 0.6) is 0 Å². The molecule has 3 nitrogen and oxygen atoms in total. The quantitative estimate of drug-likeness (QED) is 0.839. The van der Waals surface area contributed by atoms with E-state index in [9.17, 15) is 0 Å². The molecule has 1 aromatic rings. The Labute approximate surface area is 126 Å². The number of hydrogen-bond donors (Lipinski definition) is 1. The molecule has 0 atom stereocenters. The summed E-state index contributed by atoms with van der Waals surface area (Å²) in [6.45, 7) is 7.10. The molecule has 108 valence electrons. The minimum absolute atomic E-state index is 0.487. The predicted octanol–water partition coefficient (Wildman–Crippen LogP) is 1.85. The van der Waals surface area contributed by atoms with E-state index in [1.165, 1.54) is 51.1 Å². The summed E-state index contributed by atoms with van der Waals surface area (Å²) >= 11 is 5.04. The molecule has 0 spiro atoms. The van der Waals surface area contributed by atoms with Crippen molar-refractivity contribution in [1.29, 1.82) is 0 Å². The Balaban J connectivity index is 1.51. The molecular weight excluding hydrogens is 266 g/mol. The lowest BCUT2D eigenvalue weighted by molar-refractivity contribution is 0.123. The normalized spacial score (nSPS) is 21.0. The van der Waals surface area contributed by atoms with Crippen LogP contribution in [0.4, 0.5) is 0 Å². The van der Waals surface area contributed by atoms with Crippen molar-refractivity contribution in [3.05, 3.63) is 35.4 Å². The topological polar surface area (TPSA) is 32.5 Å². The summed E-state index contributed by atoms with van der Waals surface area (Å²) in [5, 5.41) is 0. The number of benzene rings is 1. The summed E-state index contributed by atoms with van der Waals surface area (Å²) in [5.41, 5.74) is 7.99. The van der Waals surface area contributed by atoms with Gasteiger partial charge in [-0.25, -0.2) is 0 Å². The molecule has 0 aromatic heterocycles. The van der Waals surface area contributed by atoms with Gasteiger partial charge in [0.1, 0.15) is 4.99 Å². The van der Waals surface area contributed by atoms with Crippen molar-refractivity contribution in [1.82, 2.24) is 9.80 Å². The Kier molecular flexibility index (Phi) is 4.34. The van der Waals surface area contributed by atoms with E-state index in [1.807, 2.05) is 12.1 Å². The summed E-state index contributed by atoms with van der Waals surface area (Å²) in [5.74, 6) is 1.00. The molecule has 1 aromatic carbocycles. The van der Waals surface area contributed by atoms with E-state index in [1.54, 1.807) is 0 Å². The molecule has 1 saturated heterocycles. The van der Waals surface area contributed by atoms with Gasteiger partial charge in [0.2, 0.25) is 0 Å². The molecule has 1 aliphatic heterocycles. The highest BCUT2D eigenvalue weighted by Gasteiger charge is 2.26. The summed E-state index contributed by atoms with van der Waals surface area (Å²) in [6, 6.07) is 8.32. The van der Waals surface area contributed by atoms with Gasteiger partial charge in [-0.2, -0.15) is 0 Å². The number of piperazine rings is 1. The summed E-state index contributed by atoms with van der Waals surface area (Å²) in [6.07, 6.45) is 2.90. The van der Waals surface area contributed by atoms with Crippen LogP contribution < -0.4 is 5.73 Å². The van der Waals surface area contributed by atoms with Gasteiger partial charge >= 0.3 is 0 Å².